The first-order valence-electron chi connectivity index (χ1n) is 11.3. The smallest absolute Gasteiger partial charge is 0.261 e. The molecular weight excluding hydrogens is 551 g/mol. The molecule has 0 aliphatic carbocycles. The highest BCUT2D eigenvalue weighted by Gasteiger charge is 2.20. The van der Waals surface area contributed by atoms with Crippen molar-refractivity contribution in [2.24, 2.45) is 0 Å². The van der Waals surface area contributed by atoms with Gasteiger partial charge in [-0.2, -0.15) is 4.98 Å². The number of aromatic amines is 1. The molecular formula is C25H25BrClFN6O2. The maximum absolute atomic E-state index is 13.1. The fourth-order valence-electron chi connectivity index (χ4n) is 3.99. The number of rotatable bonds is 6. The predicted octanol–water partition coefficient (Wildman–Crippen LogP) is 5.68. The SMILES string of the molecule is CN1CCC(Nc2nc(Nc3ccc(Oc4ccc(F)cc4)cc3)c3c(=O)[nH]cc(Br)c3n2)CC1.Cl. The maximum atomic E-state index is 13.1. The maximum Gasteiger partial charge on any atom is 0.261 e. The molecule has 3 N–H and O–H groups in total. The zero-order valence-electron chi connectivity index (χ0n) is 19.4. The Morgan fingerprint density at radius 3 is 2.36 bits per heavy atom. The summed E-state index contributed by atoms with van der Waals surface area (Å²) in [7, 11) is 2.12. The lowest BCUT2D eigenvalue weighted by Gasteiger charge is -2.29. The topological polar surface area (TPSA) is 95.2 Å². The molecule has 0 bridgehead atoms. The van der Waals surface area contributed by atoms with Crippen LogP contribution in [0, 0.1) is 5.82 Å². The van der Waals surface area contributed by atoms with Crippen molar-refractivity contribution in [2.45, 2.75) is 18.9 Å². The molecule has 1 aliphatic heterocycles. The van der Waals surface area contributed by atoms with Crippen molar-refractivity contribution in [3.8, 4) is 11.5 Å². The Bertz CT molecular complexity index is 1390. The van der Waals surface area contributed by atoms with E-state index >= 15 is 0 Å². The van der Waals surface area contributed by atoms with Crippen LogP contribution in [0.25, 0.3) is 10.9 Å². The number of nitrogens with zero attached hydrogens (tertiary/aromatic N) is 3. The first-order valence-corrected chi connectivity index (χ1v) is 12.1. The molecule has 36 heavy (non-hydrogen) atoms. The summed E-state index contributed by atoms with van der Waals surface area (Å²) in [4.78, 5) is 27.0. The number of ether oxygens (including phenoxy) is 1. The van der Waals surface area contributed by atoms with Gasteiger partial charge in [0.2, 0.25) is 5.95 Å². The van der Waals surface area contributed by atoms with Crippen LogP contribution in [0.15, 0.2) is 64.0 Å². The predicted molar refractivity (Wildman–Crippen MR) is 145 cm³/mol. The van der Waals surface area contributed by atoms with E-state index in [1.807, 2.05) is 12.1 Å². The van der Waals surface area contributed by atoms with Gasteiger partial charge in [0.1, 0.15) is 28.5 Å². The number of likely N-dealkylation sites (tertiary alicyclic amines) is 1. The molecule has 0 atom stereocenters. The summed E-state index contributed by atoms with van der Waals surface area (Å²) >= 11 is 3.50. The Hall–Kier alpha value is -3.21. The second-order valence-corrected chi connectivity index (χ2v) is 9.37. The normalized spacial score (nSPS) is 14.3. The molecule has 2 aromatic carbocycles. The summed E-state index contributed by atoms with van der Waals surface area (Å²) in [5, 5.41) is 7.05. The van der Waals surface area contributed by atoms with Gasteiger partial charge in [-0.1, -0.05) is 0 Å². The van der Waals surface area contributed by atoms with Gasteiger partial charge in [-0.25, -0.2) is 9.37 Å². The zero-order chi connectivity index (χ0) is 24.4. The molecule has 1 fully saturated rings. The summed E-state index contributed by atoms with van der Waals surface area (Å²) in [6, 6.07) is 13.3. The molecule has 188 valence electrons. The third-order valence-corrected chi connectivity index (χ3v) is 6.51. The molecule has 1 saturated heterocycles. The fourth-order valence-corrected chi connectivity index (χ4v) is 4.39. The lowest BCUT2D eigenvalue weighted by molar-refractivity contribution is 0.263. The first-order chi connectivity index (χ1) is 16.9. The Balaban J connectivity index is 0.00000304. The molecule has 1 aliphatic rings. The Kier molecular flexibility index (Phi) is 8.07. The van der Waals surface area contributed by atoms with Crippen molar-refractivity contribution in [3.63, 3.8) is 0 Å². The fraction of sp³-hybridized carbons (Fsp3) is 0.240. The van der Waals surface area contributed by atoms with Crippen molar-refractivity contribution in [3.05, 3.63) is 75.4 Å². The van der Waals surface area contributed by atoms with Crippen LogP contribution in [0.4, 0.5) is 21.8 Å². The Labute approximate surface area is 221 Å². The van der Waals surface area contributed by atoms with Gasteiger partial charge in [-0.05, 0) is 97.4 Å². The van der Waals surface area contributed by atoms with E-state index < -0.39 is 0 Å². The van der Waals surface area contributed by atoms with E-state index in [2.05, 4.69) is 53.5 Å². The second kappa shape index (κ2) is 11.2. The minimum Gasteiger partial charge on any atom is -0.457 e. The van der Waals surface area contributed by atoms with E-state index in [9.17, 15) is 9.18 Å². The molecule has 0 spiro atoms. The summed E-state index contributed by atoms with van der Waals surface area (Å²) in [6.07, 6.45) is 3.57. The average molecular weight is 576 g/mol. The monoisotopic (exact) mass is 574 g/mol. The number of nitrogens with one attached hydrogen (secondary N) is 3. The Morgan fingerprint density at radius 2 is 1.69 bits per heavy atom. The number of halogens is 3. The molecule has 0 amide bonds. The number of piperidine rings is 1. The van der Waals surface area contributed by atoms with E-state index in [4.69, 9.17) is 4.74 Å². The van der Waals surface area contributed by atoms with Gasteiger partial charge in [0.05, 0.1) is 9.99 Å². The van der Waals surface area contributed by atoms with E-state index in [-0.39, 0.29) is 29.8 Å². The number of aromatic nitrogens is 3. The van der Waals surface area contributed by atoms with Crippen LogP contribution >= 0.6 is 28.3 Å². The van der Waals surface area contributed by atoms with Gasteiger partial charge in [-0.15, -0.1) is 12.4 Å². The second-order valence-electron chi connectivity index (χ2n) is 8.51. The van der Waals surface area contributed by atoms with Gasteiger partial charge in [0, 0.05) is 17.9 Å². The molecule has 8 nitrogen and oxygen atoms in total. The quantitative estimate of drug-likeness (QED) is 0.272. The van der Waals surface area contributed by atoms with Crippen molar-refractivity contribution < 1.29 is 9.13 Å². The minimum absolute atomic E-state index is 0. The molecule has 11 heteroatoms. The number of hydrogen-bond acceptors (Lipinski definition) is 7. The van der Waals surface area contributed by atoms with Gasteiger partial charge >= 0.3 is 0 Å². The number of fused-ring (bicyclic) bond motifs is 1. The molecule has 0 unspecified atom stereocenters. The third-order valence-electron chi connectivity index (χ3n) is 5.91. The van der Waals surface area contributed by atoms with Gasteiger partial charge in [0.15, 0.2) is 0 Å². The van der Waals surface area contributed by atoms with Crippen LogP contribution in [0.1, 0.15) is 12.8 Å². The van der Waals surface area contributed by atoms with Crippen LogP contribution in [0.5, 0.6) is 11.5 Å². The number of benzene rings is 2. The van der Waals surface area contributed by atoms with Crippen LogP contribution < -0.4 is 20.9 Å². The van der Waals surface area contributed by atoms with Crippen molar-refractivity contribution in [1.29, 1.82) is 0 Å². The summed E-state index contributed by atoms with van der Waals surface area (Å²) in [5.74, 6) is 1.69. The molecule has 0 saturated carbocycles. The average Bonchev–Trinajstić information content (AvgIpc) is 2.85. The number of anilines is 3. The minimum atomic E-state index is -0.319. The highest BCUT2D eigenvalue weighted by atomic mass is 79.9. The molecule has 3 heterocycles. The van der Waals surface area contributed by atoms with Crippen molar-refractivity contribution >= 4 is 56.7 Å². The van der Waals surface area contributed by atoms with Crippen molar-refractivity contribution in [2.75, 3.05) is 30.8 Å². The lowest BCUT2D eigenvalue weighted by Crippen LogP contribution is -2.37. The number of pyridine rings is 1. The standard InChI is InChI=1S/C25H24BrFN6O2.ClH/c1-33-12-10-17(11-13-33)30-25-31-22-20(26)14-28-24(34)21(22)23(32-25)29-16-4-8-19(9-5-16)35-18-6-2-15(27)3-7-18;/h2-9,14,17H,10-13H2,1H3,(H,28,34)(H2,29,30,31,32);1H. The zero-order valence-corrected chi connectivity index (χ0v) is 21.8. The van der Waals surface area contributed by atoms with Gasteiger partial charge < -0.3 is 25.3 Å². The highest BCUT2D eigenvalue weighted by molar-refractivity contribution is 9.10. The van der Waals surface area contributed by atoms with Gasteiger partial charge in [0.25, 0.3) is 5.56 Å². The summed E-state index contributed by atoms with van der Waals surface area (Å²) in [5.41, 5.74) is 0.965. The molecule has 2 aromatic heterocycles. The van der Waals surface area contributed by atoms with Crippen molar-refractivity contribution in [1.82, 2.24) is 19.9 Å². The molecule has 5 rings (SSSR count). The van der Waals surface area contributed by atoms with Gasteiger partial charge in [-0.3, -0.25) is 4.79 Å². The van der Waals surface area contributed by atoms with E-state index in [0.29, 0.717) is 38.6 Å². The molecule has 4 aromatic rings. The van der Waals surface area contributed by atoms with Crippen LogP contribution in [-0.2, 0) is 0 Å². The summed E-state index contributed by atoms with van der Waals surface area (Å²) < 4.78 is 19.6. The first kappa shape index (κ1) is 25.9. The third kappa shape index (κ3) is 5.95. The summed E-state index contributed by atoms with van der Waals surface area (Å²) in [6.45, 7) is 2.01. The van der Waals surface area contributed by atoms with E-state index in [0.717, 1.165) is 31.6 Å². The van der Waals surface area contributed by atoms with E-state index in [1.165, 1.54) is 12.1 Å². The van der Waals surface area contributed by atoms with Crippen LogP contribution in [-0.4, -0.2) is 46.0 Å². The lowest BCUT2D eigenvalue weighted by atomic mass is 10.1. The number of H-pyrrole nitrogens is 1. The Morgan fingerprint density at radius 1 is 1.06 bits per heavy atom. The van der Waals surface area contributed by atoms with Crippen LogP contribution in [0.3, 0.4) is 0 Å². The largest absolute Gasteiger partial charge is 0.457 e. The highest BCUT2D eigenvalue weighted by Crippen LogP contribution is 2.29. The van der Waals surface area contributed by atoms with Crippen LogP contribution in [0.2, 0.25) is 0 Å². The number of hydrogen-bond donors (Lipinski definition) is 3. The molecule has 0 radical (unpaired) electrons. The van der Waals surface area contributed by atoms with E-state index in [1.54, 1.807) is 30.5 Å².